The van der Waals surface area contributed by atoms with Gasteiger partial charge in [-0.3, -0.25) is 9.69 Å². The van der Waals surface area contributed by atoms with Crippen molar-refractivity contribution in [1.82, 2.24) is 4.90 Å². The molecule has 0 unspecified atom stereocenters. The van der Waals surface area contributed by atoms with Gasteiger partial charge in [0, 0.05) is 25.9 Å². The summed E-state index contributed by atoms with van der Waals surface area (Å²) in [6, 6.07) is 4.38. The van der Waals surface area contributed by atoms with Crippen LogP contribution >= 0.6 is 0 Å². The van der Waals surface area contributed by atoms with Gasteiger partial charge in [0.25, 0.3) is 0 Å². The molecule has 5 nitrogen and oxygen atoms in total. The van der Waals surface area contributed by atoms with E-state index >= 15 is 0 Å². The zero-order valence-corrected chi connectivity index (χ0v) is 12.9. The van der Waals surface area contributed by atoms with Gasteiger partial charge in [-0.15, -0.1) is 13.2 Å². The highest BCUT2D eigenvalue weighted by molar-refractivity contribution is 5.92. The summed E-state index contributed by atoms with van der Waals surface area (Å²) in [6.45, 7) is -1.25. The Morgan fingerprint density at radius 2 is 1.72 bits per heavy atom. The van der Waals surface area contributed by atoms with Crippen LogP contribution in [-0.2, 0) is 9.53 Å². The van der Waals surface area contributed by atoms with E-state index in [1.165, 1.54) is 17.0 Å². The van der Waals surface area contributed by atoms with Crippen LogP contribution in [0.25, 0.3) is 0 Å². The number of nitrogens with zero attached hydrogens (tertiary/aromatic N) is 1. The molecule has 1 aliphatic rings. The Labute approximate surface area is 138 Å². The van der Waals surface area contributed by atoms with Crippen LogP contribution in [0.2, 0.25) is 0 Å². The van der Waals surface area contributed by atoms with Crippen LogP contribution in [0.3, 0.4) is 0 Å². The average molecular weight is 372 g/mol. The van der Waals surface area contributed by atoms with E-state index in [-0.39, 0.29) is 12.2 Å². The molecule has 1 fully saturated rings. The van der Waals surface area contributed by atoms with E-state index in [1.54, 1.807) is 0 Å². The normalized spacial score (nSPS) is 17.7. The van der Waals surface area contributed by atoms with Crippen molar-refractivity contribution in [2.45, 2.75) is 18.1 Å². The molecular formula is C14H14F6N2O3. The van der Waals surface area contributed by atoms with E-state index in [1.807, 2.05) is 0 Å². The second-order valence-electron chi connectivity index (χ2n) is 5.46. The Hall–Kier alpha value is -2.01. The Bertz CT molecular complexity index is 608. The van der Waals surface area contributed by atoms with Crippen molar-refractivity contribution in [3.63, 3.8) is 0 Å². The Morgan fingerprint density at radius 3 is 2.16 bits per heavy atom. The molecule has 1 aromatic rings. The topological polar surface area (TPSA) is 50.8 Å². The molecule has 1 heterocycles. The molecule has 2 rings (SSSR count). The zero-order chi connectivity index (χ0) is 18.9. The molecule has 1 N–H and O–H groups in total. The third-order valence-electron chi connectivity index (χ3n) is 3.60. The van der Waals surface area contributed by atoms with Crippen LogP contribution in [0.15, 0.2) is 24.3 Å². The maximum Gasteiger partial charge on any atom is 0.573 e. The van der Waals surface area contributed by atoms with Crippen molar-refractivity contribution in [3.05, 3.63) is 24.3 Å². The van der Waals surface area contributed by atoms with E-state index in [9.17, 15) is 31.1 Å². The highest BCUT2D eigenvalue weighted by Gasteiger charge is 2.62. The standard InChI is InChI=1S/C14H14F6N2O3/c1-24-12(13(15,16)17)7-22(8-12)6-11(23)21-9-2-4-10(5-3-9)25-14(18,19)20/h2-5H,6-8H2,1H3,(H,21,23). The van der Waals surface area contributed by atoms with Gasteiger partial charge in [0.2, 0.25) is 5.91 Å². The molecular weight excluding hydrogens is 358 g/mol. The minimum atomic E-state index is -4.82. The molecule has 140 valence electrons. The van der Waals surface area contributed by atoms with Gasteiger partial charge >= 0.3 is 12.5 Å². The van der Waals surface area contributed by atoms with Crippen LogP contribution in [0.1, 0.15) is 0 Å². The maximum atomic E-state index is 12.8. The van der Waals surface area contributed by atoms with Gasteiger partial charge in [0.1, 0.15) is 5.75 Å². The van der Waals surface area contributed by atoms with E-state index < -0.39 is 42.9 Å². The van der Waals surface area contributed by atoms with Crippen LogP contribution in [0.4, 0.5) is 32.0 Å². The SMILES string of the molecule is COC1(C(F)(F)F)CN(CC(=O)Nc2ccc(OC(F)(F)F)cc2)C1. The molecule has 0 bridgehead atoms. The van der Waals surface area contributed by atoms with Gasteiger partial charge in [-0.05, 0) is 24.3 Å². The summed E-state index contributed by atoms with van der Waals surface area (Å²) < 4.78 is 82.8. The lowest BCUT2D eigenvalue weighted by Crippen LogP contribution is -2.70. The van der Waals surface area contributed by atoms with Gasteiger partial charge in [-0.25, -0.2) is 0 Å². The number of hydrogen-bond acceptors (Lipinski definition) is 4. The molecule has 25 heavy (non-hydrogen) atoms. The Kier molecular flexibility index (Phi) is 5.19. The third-order valence-corrected chi connectivity index (χ3v) is 3.60. The predicted molar refractivity (Wildman–Crippen MR) is 74.0 cm³/mol. The quantitative estimate of drug-likeness (QED) is 0.808. The first-order valence-electron chi connectivity index (χ1n) is 6.94. The lowest BCUT2D eigenvalue weighted by Gasteiger charge is -2.49. The molecule has 0 aliphatic carbocycles. The summed E-state index contributed by atoms with van der Waals surface area (Å²) in [5.74, 6) is -1.06. The first-order chi connectivity index (χ1) is 11.4. The number of methoxy groups -OCH3 is 1. The number of carbonyl (C=O) groups excluding carboxylic acids is 1. The lowest BCUT2D eigenvalue weighted by atomic mass is 9.93. The Balaban J connectivity index is 1.84. The zero-order valence-electron chi connectivity index (χ0n) is 12.9. The first-order valence-corrected chi connectivity index (χ1v) is 6.94. The van der Waals surface area contributed by atoms with Gasteiger partial charge in [0.05, 0.1) is 6.54 Å². The van der Waals surface area contributed by atoms with Gasteiger partial charge in [-0.1, -0.05) is 0 Å². The molecule has 11 heteroatoms. The fourth-order valence-corrected chi connectivity index (χ4v) is 2.36. The number of halogens is 6. The van der Waals surface area contributed by atoms with Crippen LogP contribution in [0, 0.1) is 0 Å². The number of hydrogen-bond donors (Lipinski definition) is 1. The molecule has 1 aliphatic heterocycles. The molecule has 0 radical (unpaired) electrons. The summed E-state index contributed by atoms with van der Waals surface area (Å²) in [7, 11) is 0.954. The second-order valence-corrected chi connectivity index (χ2v) is 5.46. The van der Waals surface area contributed by atoms with Crippen molar-refractivity contribution in [3.8, 4) is 5.75 Å². The minimum absolute atomic E-state index is 0.189. The average Bonchev–Trinajstić information content (AvgIpc) is 2.41. The van der Waals surface area contributed by atoms with Crippen molar-refractivity contribution in [2.24, 2.45) is 0 Å². The van der Waals surface area contributed by atoms with Crippen molar-refractivity contribution < 1.29 is 40.6 Å². The van der Waals surface area contributed by atoms with Gasteiger partial charge < -0.3 is 14.8 Å². The predicted octanol–water partition coefficient (Wildman–Crippen LogP) is 2.79. The molecule has 1 aromatic carbocycles. The summed E-state index contributed by atoms with van der Waals surface area (Å²) in [6.07, 6.45) is -9.36. The number of benzene rings is 1. The van der Waals surface area contributed by atoms with E-state index in [2.05, 4.69) is 14.8 Å². The highest BCUT2D eigenvalue weighted by Crippen LogP contribution is 2.40. The highest BCUT2D eigenvalue weighted by atomic mass is 19.4. The van der Waals surface area contributed by atoms with E-state index in [0.29, 0.717) is 0 Å². The number of anilines is 1. The summed E-state index contributed by atoms with van der Waals surface area (Å²) in [5, 5.41) is 2.38. The van der Waals surface area contributed by atoms with Gasteiger partial charge in [-0.2, -0.15) is 13.2 Å². The lowest BCUT2D eigenvalue weighted by molar-refractivity contribution is -0.309. The molecule has 0 atom stereocenters. The van der Waals surface area contributed by atoms with E-state index in [0.717, 1.165) is 19.2 Å². The number of rotatable bonds is 5. The van der Waals surface area contributed by atoms with Gasteiger partial charge in [0.15, 0.2) is 5.60 Å². The summed E-state index contributed by atoms with van der Waals surface area (Å²) >= 11 is 0. The number of likely N-dealkylation sites (tertiary alicyclic amines) is 1. The molecule has 1 saturated heterocycles. The van der Waals surface area contributed by atoms with Crippen molar-refractivity contribution in [2.75, 3.05) is 32.1 Å². The van der Waals surface area contributed by atoms with Crippen molar-refractivity contribution >= 4 is 11.6 Å². The molecule has 0 saturated carbocycles. The maximum absolute atomic E-state index is 12.8. The fraction of sp³-hybridized carbons (Fsp3) is 0.500. The number of ether oxygens (including phenoxy) is 2. The molecule has 1 amide bonds. The third kappa shape index (κ3) is 4.75. The monoisotopic (exact) mass is 372 g/mol. The van der Waals surface area contributed by atoms with Crippen LogP contribution in [0.5, 0.6) is 5.75 Å². The number of carbonyl (C=O) groups is 1. The molecule has 0 spiro atoms. The Morgan fingerprint density at radius 1 is 1.16 bits per heavy atom. The number of nitrogens with one attached hydrogen (secondary N) is 1. The minimum Gasteiger partial charge on any atom is -0.406 e. The number of alkyl halides is 6. The second kappa shape index (κ2) is 6.71. The van der Waals surface area contributed by atoms with Crippen LogP contribution in [-0.4, -0.2) is 55.7 Å². The van der Waals surface area contributed by atoms with Crippen molar-refractivity contribution in [1.29, 1.82) is 0 Å². The molecule has 0 aromatic heterocycles. The fourth-order valence-electron chi connectivity index (χ4n) is 2.36. The number of amides is 1. The van der Waals surface area contributed by atoms with E-state index in [4.69, 9.17) is 0 Å². The summed E-state index contributed by atoms with van der Waals surface area (Å²) in [4.78, 5) is 13.0. The van der Waals surface area contributed by atoms with Crippen LogP contribution < -0.4 is 10.1 Å². The summed E-state index contributed by atoms with van der Waals surface area (Å²) in [5.41, 5.74) is -2.09. The first kappa shape index (κ1) is 19.3. The largest absolute Gasteiger partial charge is 0.573 e. The smallest absolute Gasteiger partial charge is 0.406 e.